The molecule has 0 aromatic heterocycles. The van der Waals surface area contributed by atoms with Crippen molar-refractivity contribution in [2.45, 2.75) is 32.4 Å². The predicted octanol–water partition coefficient (Wildman–Crippen LogP) is 4.08. The molecule has 1 fully saturated rings. The number of halogens is 1. The summed E-state index contributed by atoms with van der Waals surface area (Å²) < 4.78 is 13.1. The van der Waals surface area contributed by atoms with Crippen LogP contribution in [0.3, 0.4) is 0 Å². The lowest BCUT2D eigenvalue weighted by atomic mass is 10.1. The molecule has 0 bridgehead atoms. The predicted molar refractivity (Wildman–Crippen MR) is 112 cm³/mol. The zero-order valence-electron chi connectivity index (χ0n) is 17.1. The summed E-state index contributed by atoms with van der Waals surface area (Å²) >= 11 is 0. The number of likely N-dealkylation sites (N-methyl/N-ethyl adjacent to an activating group) is 2. The van der Waals surface area contributed by atoms with E-state index in [1.54, 1.807) is 17.0 Å². The minimum Gasteiger partial charge on any atom is -0.371 e. The molecule has 150 valence electrons. The van der Waals surface area contributed by atoms with Gasteiger partial charge in [0.15, 0.2) is 0 Å². The molecule has 0 saturated carbocycles. The summed E-state index contributed by atoms with van der Waals surface area (Å²) in [5.41, 5.74) is 3.47. The molecule has 1 aliphatic rings. The van der Waals surface area contributed by atoms with Gasteiger partial charge in [0.25, 0.3) is 0 Å². The summed E-state index contributed by atoms with van der Waals surface area (Å²) in [6, 6.07) is 14.7. The van der Waals surface area contributed by atoms with E-state index in [2.05, 4.69) is 34.1 Å². The first-order chi connectivity index (χ1) is 13.5. The summed E-state index contributed by atoms with van der Waals surface area (Å²) in [6.45, 7) is 5.26. The van der Waals surface area contributed by atoms with Gasteiger partial charge < -0.3 is 9.80 Å². The van der Waals surface area contributed by atoms with E-state index in [4.69, 9.17) is 0 Å². The van der Waals surface area contributed by atoms with Crippen molar-refractivity contribution in [3.05, 3.63) is 65.5 Å². The van der Waals surface area contributed by atoms with Crippen LogP contribution in [0.4, 0.5) is 10.1 Å². The first-order valence-electron chi connectivity index (χ1n) is 9.98. The number of rotatable bonds is 7. The van der Waals surface area contributed by atoms with Crippen molar-refractivity contribution >= 4 is 11.6 Å². The third-order valence-electron chi connectivity index (χ3n) is 5.61. The Kier molecular flexibility index (Phi) is 6.68. The normalized spacial score (nSPS) is 15.1. The van der Waals surface area contributed by atoms with E-state index >= 15 is 0 Å². The van der Waals surface area contributed by atoms with Gasteiger partial charge in [-0.2, -0.15) is 0 Å². The van der Waals surface area contributed by atoms with E-state index in [9.17, 15) is 9.18 Å². The van der Waals surface area contributed by atoms with Crippen molar-refractivity contribution in [1.82, 2.24) is 9.80 Å². The molecule has 3 rings (SSSR count). The molecular weight excluding hydrogens is 353 g/mol. The van der Waals surface area contributed by atoms with Crippen molar-refractivity contribution < 1.29 is 9.18 Å². The Morgan fingerprint density at radius 1 is 1.07 bits per heavy atom. The van der Waals surface area contributed by atoms with Crippen LogP contribution in [-0.2, 0) is 11.3 Å². The molecule has 1 aliphatic heterocycles. The van der Waals surface area contributed by atoms with Gasteiger partial charge in [-0.3, -0.25) is 9.69 Å². The molecule has 28 heavy (non-hydrogen) atoms. The summed E-state index contributed by atoms with van der Waals surface area (Å²) in [4.78, 5) is 19.0. The zero-order valence-corrected chi connectivity index (χ0v) is 17.1. The highest BCUT2D eigenvalue weighted by Gasteiger charge is 2.20. The van der Waals surface area contributed by atoms with Gasteiger partial charge in [0, 0.05) is 32.4 Å². The Labute approximate surface area is 167 Å². The van der Waals surface area contributed by atoms with Gasteiger partial charge >= 0.3 is 0 Å². The largest absolute Gasteiger partial charge is 0.371 e. The van der Waals surface area contributed by atoms with E-state index < -0.39 is 0 Å². The van der Waals surface area contributed by atoms with Gasteiger partial charge in [0.05, 0.1) is 12.6 Å². The Morgan fingerprint density at radius 2 is 1.71 bits per heavy atom. The van der Waals surface area contributed by atoms with E-state index in [1.165, 1.54) is 36.2 Å². The highest BCUT2D eigenvalue weighted by atomic mass is 19.1. The quantitative estimate of drug-likeness (QED) is 0.721. The lowest BCUT2D eigenvalue weighted by Crippen LogP contribution is -2.38. The molecule has 5 heteroatoms. The van der Waals surface area contributed by atoms with Crippen molar-refractivity contribution in [1.29, 1.82) is 0 Å². The van der Waals surface area contributed by atoms with Crippen LogP contribution in [0.5, 0.6) is 0 Å². The number of anilines is 1. The number of hydrogen-bond acceptors (Lipinski definition) is 3. The summed E-state index contributed by atoms with van der Waals surface area (Å²) in [6.07, 6.45) is 2.49. The summed E-state index contributed by atoms with van der Waals surface area (Å²) in [5.74, 6) is -0.209. The second-order valence-corrected chi connectivity index (χ2v) is 7.73. The summed E-state index contributed by atoms with van der Waals surface area (Å²) in [5, 5.41) is 0. The molecule has 2 aromatic rings. The maximum Gasteiger partial charge on any atom is 0.236 e. The zero-order chi connectivity index (χ0) is 20.1. The second kappa shape index (κ2) is 9.20. The van der Waals surface area contributed by atoms with Crippen molar-refractivity contribution in [2.75, 3.05) is 38.6 Å². The van der Waals surface area contributed by atoms with Crippen LogP contribution < -0.4 is 4.90 Å². The van der Waals surface area contributed by atoms with Gasteiger partial charge in [-0.1, -0.05) is 30.3 Å². The molecule has 0 N–H and O–H groups in total. The number of amides is 1. The van der Waals surface area contributed by atoms with E-state index in [0.717, 1.165) is 25.2 Å². The Hall–Kier alpha value is -2.40. The van der Waals surface area contributed by atoms with Gasteiger partial charge in [-0.25, -0.2) is 4.39 Å². The maximum absolute atomic E-state index is 13.1. The number of nitrogens with zero attached hydrogens (tertiary/aromatic N) is 3. The first kappa shape index (κ1) is 20.3. The molecule has 2 aromatic carbocycles. The van der Waals surface area contributed by atoms with Crippen LogP contribution in [0.25, 0.3) is 0 Å². The van der Waals surface area contributed by atoms with Crippen LogP contribution in [0.15, 0.2) is 48.5 Å². The fourth-order valence-corrected chi connectivity index (χ4v) is 3.78. The fraction of sp³-hybridized carbons (Fsp3) is 0.435. The van der Waals surface area contributed by atoms with E-state index in [1.807, 2.05) is 21.0 Å². The molecule has 4 nitrogen and oxygen atoms in total. The smallest absolute Gasteiger partial charge is 0.236 e. The molecule has 0 radical (unpaired) electrons. The van der Waals surface area contributed by atoms with Crippen molar-refractivity contribution in [3.63, 3.8) is 0 Å². The molecule has 0 unspecified atom stereocenters. The first-order valence-corrected chi connectivity index (χ1v) is 9.98. The van der Waals surface area contributed by atoms with Gasteiger partial charge in [0.1, 0.15) is 5.82 Å². The number of hydrogen-bond donors (Lipinski definition) is 0. The molecule has 1 saturated heterocycles. The number of para-hydroxylation sites is 1. The number of carbonyl (C=O) groups is 1. The molecule has 1 amide bonds. The summed E-state index contributed by atoms with van der Waals surface area (Å²) in [7, 11) is 3.79. The van der Waals surface area contributed by atoms with Crippen LogP contribution in [0.1, 0.15) is 36.9 Å². The maximum atomic E-state index is 13.1. The van der Waals surface area contributed by atoms with E-state index in [-0.39, 0.29) is 17.8 Å². The molecule has 0 spiro atoms. The van der Waals surface area contributed by atoms with Gasteiger partial charge in [-0.05, 0) is 56.1 Å². The fourth-order valence-electron chi connectivity index (χ4n) is 3.78. The van der Waals surface area contributed by atoms with Crippen LogP contribution in [-0.4, -0.2) is 49.4 Å². The molecule has 0 aliphatic carbocycles. The topological polar surface area (TPSA) is 26.8 Å². The minimum atomic E-state index is -0.263. The SMILES string of the molecule is C[C@H](c1ccc(F)cc1)N(C)C(=O)CN(C)Cc1ccccc1N1CCCC1. The van der Waals surface area contributed by atoms with Gasteiger partial charge in [0.2, 0.25) is 5.91 Å². The lowest BCUT2D eigenvalue weighted by molar-refractivity contribution is -0.132. The Morgan fingerprint density at radius 3 is 2.39 bits per heavy atom. The number of benzene rings is 2. The van der Waals surface area contributed by atoms with Crippen LogP contribution in [0.2, 0.25) is 0 Å². The molecular formula is C23H30FN3O. The van der Waals surface area contributed by atoms with Crippen LogP contribution >= 0.6 is 0 Å². The van der Waals surface area contributed by atoms with Gasteiger partial charge in [-0.15, -0.1) is 0 Å². The standard InChI is InChI=1S/C23H30FN3O/c1-18(19-10-12-21(24)13-11-19)26(3)23(28)17-25(2)16-20-8-4-5-9-22(20)27-14-6-7-15-27/h4-5,8-13,18H,6-7,14-17H2,1-3H3/t18-/m1/s1. The van der Waals surface area contributed by atoms with E-state index in [0.29, 0.717) is 6.54 Å². The molecule has 1 atom stereocenters. The average Bonchev–Trinajstić information content (AvgIpc) is 3.22. The highest BCUT2D eigenvalue weighted by Crippen LogP contribution is 2.25. The van der Waals surface area contributed by atoms with Crippen molar-refractivity contribution in [3.8, 4) is 0 Å². The average molecular weight is 384 g/mol. The third-order valence-corrected chi connectivity index (χ3v) is 5.61. The Balaban J connectivity index is 1.60. The third kappa shape index (κ3) is 4.90. The monoisotopic (exact) mass is 383 g/mol. The Bertz CT molecular complexity index is 787. The lowest BCUT2D eigenvalue weighted by Gasteiger charge is -2.28. The molecule has 1 heterocycles. The second-order valence-electron chi connectivity index (χ2n) is 7.73. The van der Waals surface area contributed by atoms with Crippen LogP contribution in [0, 0.1) is 5.82 Å². The highest BCUT2D eigenvalue weighted by molar-refractivity contribution is 5.78. The number of carbonyl (C=O) groups excluding carboxylic acids is 1. The van der Waals surface area contributed by atoms with Crippen molar-refractivity contribution in [2.24, 2.45) is 0 Å². The minimum absolute atomic E-state index is 0.0537.